The van der Waals surface area contributed by atoms with E-state index in [0.717, 1.165) is 24.8 Å². The highest BCUT2D eigenvalue weighted by molar-refractivity contribution is 5.85. The second kappa shape index (κ2) is 8.97. The van der Waals surface area contributed by atoms with E-state index in [-0.39, 0.29) is 12.1 Å². The van der Waals surface area contributed by atoms with Gasteiger partial charge in [0.05, 0.1) is 12.3 Å². The quantitative estimate of drug-likeness (QED) is 0.767. The number of rotatable bonds is 8. The number of carbonyl (C=O) groups is 1. The van der Waals surface area contributed by atoms with Crippen molar-refractivity contribution in [3.05, 3.63) is 71.8 Å². The molecule has 0 bridgehead atoms. The van der Waals surface area contributed by atoms with Crippen molar-refractivity contribution in [1.82, 2.24) is 10.2 Å². The van der Waals surface area contributed by atoms with E-state index in [1.54, 1.807) is 0 Å². The molecule has 0 aliphatic carbocycles. The molecule has 2 aromatic rings. The highest BCUT2D eigenvalue weighted by Crippen LogP contribution is 2.22. The lowest BCUT2D eigenvalue weighted by atomic mass is 10.0. The van der Waals surface area contributed by atoms with Gasteiger partial charge in [-0.2, -0.15) is 0 Å². The first-order chi connectivity index (χ1) is 12.7. The highest BCUT2D eigenvalue weighted by Gasteiger charge is 2.41. The molecule has 4 heteroatoms. The van der Waals surface area contributed by atoms with E-state index < -0.39 is 12.1 Å². The first-order valence-electron chi connectivity index (χ1n) is 9.51. The second-order valence-corrected chi connectivity index (χ2v) is 6.99. The fourth-order valence-corrected chi connectivity index (χ4v) is 3.58. The second-order valence-electron chi connectivity index (χ2n) is 6.99. The number of aliphatic hydroxyl groups excluding tert-OH is 1. The minimum atomic E-state index is -0.678. The zero-order valence-corrected chi connectivity index (χ0v) is 15.3. The number of carbonyl (C=O) groups excluding carboxylic acids is 1. The van der Waals surface area contributed by atoms with Gasteiger partial charge in [0.1, 0.15) is 6.04 Å². The van der Waals surface area contributed by atoms with Crippen LogP contribution in [-0.4, -0.2) is 34.2 Å². The van der Waals surface area contributed by atoms with Crippen molar-refractivity contribution < 1.29 is 9.90 Å². The molecule has 4 nitrogen and oxygen atoms in total. The lowest BCUT2D eigenvalue weighted by Crippen LogP contribution is -2.41. The minimum absolute atomic E-state index is 0.00728. The molecule has 3 rings (SSSR count). The Balaban J connectivity index is 1.65. The third-order valence-corrected chi connectivity index (χ3v) is 5.01. The number of aliphatic hydroxyl groups is 1. The average Bonchev–Trinajstić information content (AvgIpc) is 2.98. The van der Waals surface area contributed by atoms with Crippen LogP contribution in [0.15, 0.2) is 60.7 Å². The molecule has 1 heterocycles. The lowest BCUT2D eigenvalue weighted by Gasteiger charge is -2.24. The van der Waals surface area contributed by atoms with Crippen LogP contribution in [-0.2, 0) is 17.8 Å². The maximum Gasteiger partial charge on any atom is 0.244 e. The summed E-state index contributed by atoms with van der Waals surface area (Å²) in [6, 6.07) is 19.6. The Morgan fingerprint density at radius 3 is 2.27 bits per heavy atom. The van der Waals surface area contributed by atoms with Crippen LogP contribution in [0.2, 0.25) is 0 Å². The standard InChI is InChI=1S/C22H28N2O2/c1-2-9-20-23-21(19(25)15-14-17-10-5-3-6-11-17)22(26)24(20)16-18-12-7-4-8-13-18/h3-8,10-13,19-21,23,25H,2,9,14-16H2,1H3/t19-,20?,21+/m1/s1. The van der Waals surface area contributed by atoms with Gasteiger partial charge in [-0.05, 0) is 30.4 Å². The first kappa shape index (κ1) is 18.6. The Morgan fingerprint density at radius 1 is 1.04 bits per heavy atom. The summed E-state index contributed by atoms with van der Waals surface area (Å²) in [5, 5.41) is 14.0. The largest absolute Gasteiger partial charge is 0.391 e. The molecular weight excluding hydrogens is 324 g/mol. The molecule has 2 N–H and O–H groups in total. The van der Waals surface area contributed by atoms with E-state index in [0.29, 0.717) is 13.0 Å². The van der Waals surface area contributed by atoms with Gasteiger partial charge in [0.2, 0.25) is 5.91 Å². The normalized spacial score (nSPS) is 21.2. The van der Waals surface area contributed by atoms with Crippen LogP contribution < -0.4 is 5.32 Å². The molecule has 1 aliphatic rings. The third kappa shape index (κ3) is 4.51. The number of benzene rings is 2. The van der Waals surface area contributed by atoms with Gasteiger partial charge < -0.3 is 10.0 Å². The summed E-state index contributed by atoms with van der Waals surface area (Å²) < 4.78 is 0. The van der Waals surface area contributed by atoms with Gasteiger partial charge in [-0.3, -0.25) is 10.1 Å². The number of hydrogen-bond donors (Lipinski definition) is 2. The molecule has 1 amide bonds. The summed E-state index contributed by atoms with van der Waals surface area (Å²) in [5.74, 6) is 0.00728. The van der Waals surface area contributed by atoms with Gasteiger partial charge >= 0.3 is 0 Å². The van der Waals surface area contributed by atoms with E-state index in [1.165, 1.54) is 5.56 Å². The van der Waals surface area contributed by atoms with Gasteiger partial charge in [0, 0.05) is 6.54 Å². The molecule has 0 spiro atoms. The van der Waals surface area contributed by atoms with Crippen molar-refractivity contribution in [3.63, 3.8) is 0 Å². The molecule has 0 aromatic heterocycles. The number of aryl methyl sites for hydroxylation is 1. The van der Waals surface area contributed by atoms with Gasteiger partial charge in [-0.15, -0.1) is 0 Å². The Labute approximate surface area is 155 Å². The smallest absolute Gasteiger partial charge is 0.244 e. The number of hydrogen-bond acceptors (Lipinski definition) is 3. The predicted molar refractivity (Wildman–Crippen MR) is 103 cm³/mol. The van der Waals surface area contributed by atoms with Crippen molar-refractivity contribution in [2.45, 2.75) is 57.5 Å². The topological polar surface area (TPSA) is 52.6 Å². The molecule has 3 atom stereocenters. The van der Waals surface area contributed by atoms with Crippen LogP contribution in [0.4, 0.5) is 0 Å². The fourth-order valence-electron chi connectivity index (χ4n) is 3.58. The predicted octanol–water partition coefficient (Wildman–Crippen LogP) is 3.11. The van der Waals surface area contributed by atoms with Gasteiger partial charge in [-0.25, -0.2) is 0 Å². The summed E-state index contributed by atoms with van der Waals surface area (Å²) >= 11 is 0. The maximum absolute atomic E-state index is 13.0. The number of amides is 1. The van der Waals surface area contributed by atoms with Crippen LogP contribution in [0, 0.1) is 0 Å². The van der Waals surface area contributed by atoms with Gasteiger partial charge in [0.25, 0.3) is 0 Å². The molecule has 1 fully saturated rings. The Hall–Kier alpha value is -2.17. The van der Waals surface area contributed by atoms with Crippen molar-refractivity contribution >= 4 is 5.91 Å². The lowest BCUT2D eigenvalue weighted by molar-refractivity contribution is -0.132. The molecular formula is C22H28N2O2. The summed E-state index contributed by atoms with van der Waals surface area (Å²) in [7, 11) is 0. The summed E-state index contributed by atoms with van der Waals surface area (Å²) in [6.07, 6.45) is 2.53. The zero-order valence-electron chi connectivity index (χ0n) is 15.3. The number of nitrogens with zero attached hydrogens (tertiary/aromatic N) is 1. The van der Waals surface area contributed by atoms with Crippen molar-refractivity contribution in [2.24, 2.45) is 0 Å². The summed E-state index contributed by atoms with van der Waals surface area (Å²) in [4.78, 5) is 14.8. The van der Waals surface area contributed by atoms with Crippen LogP contribution in [0.1, 0.15) is 37.3 Å². The van der Waals surface area contributed by atoms with E-state index in [9.17, 15) is 9.90 Å². The first-order valence-corrected chi connectivity index (χ1v) is 9.51. The van der Waals surface area contributed by atoms with Crippen LogP contribution in [0.5, 0.6) is 0 Å². The summed E-state index contributed by atoms with van der Waals surface area (Å²) in [5.41, 5.74) is 2.30. The third-order valence-electron chi connectivity index (χ3n) is 5.01. The van der Waals surface area contributed by atoms with Crippen LogP contribution >= 0.6 is 0 Å². The molecule has 26 heavy (non-hydrogen) atoms. The van der Waals surface area contributed by atoms with Crippen LogP contribution in [0.3, 0.4) is 0 Å². The van der Waals surface area contributed by atoms with E-state index in [4.69, 9.17) is 0 Å². The SMILES string of the molecule is CCCC1N[C@@H]([C@H](O)CCc2ccccc2)C(=O)N1Cc1ccccc1. The maximum atomic E-state index is 13.0. The minimum Gasteiger partial charge on any atom is -0.391 e. The van der Waals surface area contributed by atoms with Crippen molar-refractivity contribution in [3.8, 4) is 0 Å². The molecule has 138 valence electrons. The van der Waals surface area contributed by atoms with Crippen molar-refractivity contribution in [1.29, 1.82) is 0 Å². The molecule has 1 aliphatic heterocycles. The van der Waals surface area contributed by atoms with E-state index in [1.807, 2.05) is 53.4 Å². The fraction of sp³-hybridized carbons (Fsp3) is 0.409. The Kier molecular flexibility index (Phi) is 6.42. The molecule has 2 aromatic carbocycles. The average molecular weight is 352 g/mol. The zero-order chi connectivity index (χ0) is 18.4. The van der Waals surface area contributed by atoms with E-state index in [2.05, 4.69) is 24.4 Å². The summed E-state index contributed by atoms with van der Waals surface area (Å²) in [6.45, 7) is 2.70. The van der Waals surface area contributed by atoms with Gasteiger partial charge in [0.15, 0.2) is 0 Å². The highest BCUT2D eigenvalue weighted by atomic mass is 16.3. The Bertz CT molecular complexity index is 690. The van der Waals surface area contributed by atoms with Crippen LogP contribution in [0.25, 0.3) is 0 Å². The van der Waals surface area contributed by atoms with Gasteiger partial charge in [-0.1, -0.05) is 74.0 Å². The molecule has 0 radical (unpaired) electrons. The number of nitrogens with one attached hydrogen (secondary N) is 1. The van der Waals surface area contributed by atoms with E-state index >= 15 is 0 Å². The van der Waals surface area contributed by atoms with Crippen molar-refractivity contribution in [2.75, 3.05) is 0 Å². The monoisotopic (exact) mass is 352 g/mol. The molecule has 1 saturated heterocycles. The Morgan fingerprint density at radius 2 is 1.65 bits per heavy atom. The molecule has 0 saturated carbocycles. The molecule has 1 unspecified atom stereocenters.